The van der Waals surface area contributed by atoms with E-state index in [1.165, 1.54) is 4.88 Å². The first kappa shape index (κ1) is 16.9. The first-order valence-electron chi connectivity index (χ1n) is 5.00. The normalized spacial score (nSPS) is 10.8. The molecule has 1 aromatic rings. The van der Waals surface area contributed by atoms with E-state index in [1.807, 2.05) is 6.92 Å². The minimum Gasteiger partial charge on any atom is -0.370 e. The Hall–Kier alpha value is -0.0800. The largest absolute Gasteiger partial charge is 0.370 e. The molecule has 0 aliphatic carbocycles. The predicted molar refractivity (Wildman–Crippen MR) is 90.4 cm³/mol. The summed E-state index contributed by atoms with van der Waals surface area (Å²) in [5.41, 5.74) is 6.69. The number of thiophene rings is 1. The van der Waals surface area contributed by atoms with Crippen molar-refractivity contribution in [1.82, 2.24) is 5.32 Å². The van der Waals surface area contributed by atoms with Crippen molar-refractivity contribution in [1.29, 1.82) is 0 Å². The summed E-state index contributed by atoms with van der Waals surface area (Å²) in [6.45, 7) is 7.08. The number of nitrogens with two attached hydrogens (primary N) is 1. The second-order valence-corrected chi connectivity index (χ2v) is 6.09. The van der Waals surface area contributed by atoms with Crippen molar-refractivity contribution in [3.8, 4) is 0 Å². The van der Waals surface area contributed by atoms with Crippen LogP contribution in [-0.2, 0) is 6.42 Å². The van der Waals surface area contributed by atoms with Gasteiger partial charge in [0.05, 0.1) is 10.3 Å². The van der Waals surface area contributed by atoms with E-state index in [9.17, 15) is 0 Å². The van der Waals surface area contributed by atoms with Crippen LogP contribution >= 0.6 is 51.2 Å². The molecule has 0 radical (unpaired) electrons. The number of rotatable bonds is 5. The van der Waals surface area contributed by atoms with Gasteiger partial charge >= 0.3 is 0 Å². The van der Waals surface area contributed by atoms with Gasteiger partial charge in [0, 0.05) is 11.4 Å². The summed E-state index contributed by atoms with van der Waals surface area (Å²) in [5, 5.41) is 3.07. The molecule has 0 aliphatic heterocycles. The zero-order chi connectivity index (χ0) is 12.0. The van der Waals surface area contributed by atoms with Crippen LogP contribution in [0.1, 0.15) is 11.8 Å². The lowest BCUT2D eigenvalue weighted by atomic mass is 10.3. The zero-order valence-electron chi connectivity index (χ0n) is 9.70. The van der Waals surface area contributed by atoms with E-state index >= 15 is 0 Å². The quantitative estimate of drug-likeness (QED) is 0.327. The average molecular weight is 430 g/mol. The number of halogens is 2. The van der Waals surface area contributed by atoms with Gasteiger partial charge in [-0.2, -0.15) is 0 Å². The Morgan fingerprint density at radius 2 is 2.29 bits per heavy atom. The Kier molecular flexibility index (Phi) is 8.89. The van der Waals surface area contributed by atoms with Gasteiger partial charge in [-0.05, 0) is 41.4 Å². The fraction of sp³-hybridized carbons (Fsp3) is 0.364. The smallest absolute Gasteiger partial charge is 0.188 e. The second-order valence-electron chi connectivity index (χ2n) is 3.54. The molecule has 3 nitrogen and oxygen atoms in total. The van der Waals surface area contributed by atoms with Gasteiger partial charge < -0.3 is 11.1 Å². The van der Waals surface area contributed by atoms with Crippen molar-refractivity contribution in [3.05, 3.63) is 32.9 Å². The van der Waals surface area contributed by atoms with E-state index in [0.29, 0.717) is 12.5 Å². The second kappa shape index (κ2) is 8.93. The molecule has 0 bridgehead atoms. The topological polar surface area (TPSA) is 50.4 Å². The van der Waals surface area contributed by atoms with Gasteiger partial charge in [-0.1, -0.05) is 12.2 Å². The molecule has 17 heavy (non-hydrogen) atoms. The number of hydrogen-bond donors (Lipinski definition) is 2. The molecule has 1 heterocycles. The van der Waals surface area contributed by atoms with E-state index in [4.69, 9.17) is 5.73 Å². The fourth-order valence-corrected chi connectivity index (χ4v) is 2.56. The van der Waals surface area contributed by atoms with Gasteiger partial charge in [-0.25, -0.2) is 4.99 Å². The maximum absolute atomic E-state index is 5.68. The molecule has 3 N–H and O–H groups in total. The summed E-state index contributed by atoms with van der Waals surface area (Å²) in [6.07, 6.45) is 0.958. The predicted octanol–water partition coefficient (Wildman–Crippen LogP) is 3.15. The lowest BCUT2D eigenvalue weighted by molar-refractivity contribution is 0.862. The van der Waals surface area contributed by atoms with Gasteiger partial charge in [0.1, 0.15) is 0 Å². The lowest BCUT2D eigenvalue weighted by Gasteiger charge is -2.04. The van der Waals surface area contributed by atoms with E-state index in [-0.39, 0.29) is 24.0 Å². The van der Waals surface area contributed by atoms with Crippen LogP contribution in [0.4, 0.5) is 0 Å². The summed E-state index contributed by atoms with van der Waals surface area (Å²) in [4.78, 5) is 5.46. The molecular formula is C11H17BrIN3S. The molecule has 0 saturated heterocycles. The Labute approximate surface area is 132 Å². The third-order valence-corrected chi connectivity index (χ3v) is 3.51. The van der Waals surface area contributed by atoms with Crippen LogP contribution in [0.3, 0.4) is 0 Å². The average Bonchev–Trinajstić information content (AvgIpc) is 2.61. The first-order chi connectivity index (χ1) is 7.58. The number of hydrogen-bond acceptors (Lipinski definition) is 2. The Bertz CT molecular complexity index is 390. The molecule has 0 amide bonds. The highest BCUT2D eigenvalue weighted by Gasteiger charge is 1.97. The molecular weight excluding hydrogens is 413 g/mol. The molecule has 0 aliphatic rings. The third-order valence-electron chi connectivity index (χ3n) is 1.83. The van der Waals surface area contributed by atoms with Crippen LogP contribution in [-0.4, -0.2) is 19.0 Å². The number of nitrogens with one attached hydrogen (secondary N) is 1. The number of guanidine groups is 1. The van der Waals surface area contributed by atoms with Crippen molar-refractivity contribution in [2.24, 2.45) is 10.7 Å². The van der Waals surface area contributed by atoms with E-state index in [2.05, 4.69) is 45.0 Å². The SMILES string of the molecule is C=C(C)CN=C(N)NCCc1ccc(Br)s1.I. The summed E-state index contributed by atoms with van der Waals surface area (Å²) in [6, 6.07) is 4.16. The third kappa shape index (κ3) is 7.77. The zero-order valence-corrected chi connectivity index (χ0v) is 14.4. The van der Waals surface area contributed by atoms with Crippen molar-refractivity contribution in [2.45, 2.75) is 13.3 Å². The summed E-state index contributed by atoms with van der Waals surface area (Å²) in [7, 11) is 0. The molecule has 0 aromatic carbocycles. The first-order valence-corrected chi connectivity index (χ1v) is 6.61. The molecule has 1 aromatic heterocycles. The molecule has 96 valence electrons. The van der Waals surface area contributed by atoms with Gasteiger partial charge in [-0.3, -0.25) is 0 Å². The molecule has 0 saturated carbocycles. The highest BCUT2D eigenvalue weighted by molar-refractivity contribution is 14.0. The van der Waals surface area contributed by atoms with E-state index in [0.717, 1.165) is 22.3 Å². The molecule has 0 fully saturated rings. The van der Waals surface area contributed by atoms with E-state index in [1.54, 1.807) is 11.3 Å². The Balaban J connectivity index is 0.00000256. The van der Waals surface area contributed by atoms with Crippen molar-refractivity contribution >= 4 is 57.2 Å². The van der Waals surface area contributed by atoms with Crippen LogP contribution in [0.25, 0.3) is 0 Å². The molecule has 6 heteroatoms. The van der Waals surface area contributed by atoms with Crippen molar-refractivity contribution in [3.63, 3.8) is 0 Å². The molecule has 0 spiro atoms. The van der Waals surface area contributed by atoms with Crippen LogP contribution in [0.15, 0.2) is 33.1 Å². The van der Waals surface area contributed by atoms with Crippen LogP contribution < -0.4 is 11.1 Å². The Morgan fingerprint density at radius 1 is 1.59 bits per heavy atom. The summed E-state index contributed by atoms with van der Waals surface area (Å²) >= 11 is 5.17. The molecule has 0 atom stereocenters. The summed E-state index contributed by atoms with van der Waals surface area (Å²) < 4.78 is 1.16. The molecule has 0 unspecified atom stereocenters. The van der Waals surface area contributed by atoms with Gasteiger partial charge in [0.2, 0.25) is 0 Å². The number of nitrogens with zero attached hydrogens (tertiary/aromatic N) is 1. The monoisotopic (exact) mass is 429 g/mol. The highest BCUT2D eigenvalue weighted by atomic mass is 127. The van der Waals surface area contributed by atoms with Crippen molar-refractivity contribution in [2.75, 3.05) is 13.1 Å². The standard InChI is InChI=1S/C11H16BrN3S.HI/c1-8(2)7-15-11(13)14-6-5-9-3-4-10(12)16-9;/h3-4H,1,5-7H2,2H3,(H3,13,14,15);1H. The fourth-order valence-electron chi connectivity index (χ4n) is 1.08. The van der Waals surface area contributed by atoms with Gasteiger partial charge in [0.25, 0.3) is 0 Å². The van der Waals surface area contributed by atoms with Crippen LogP contribution in [0.5, 0.6) is 0 Å². The number of aliphatic imine (C=N–C) groups is 1. The Morgan fingerprint density at radius 3 is 2.82 bits per heavy atom. The molecule has 1 rings (SSSR count). The minimum atomic E-state index is 0. The lowest BCUT2D eigenvalue weighted by Crippen LogP contribution is -2.33. The maximum Gasteiger partial charge on any atom is 0.188 e. The highest BCUT2D eigenvalue weighted by Crippen LogP contribution is 2.21. The minimum absolute atomic E-state index is 0. The van der Waals surface area contributed by atoms with Gasteiger partial charge in [0.15, 0.2) is 5.96 Å². The van der Waals surface area contributed by atoms with E-state index < -0.39 is 0 Å². The van der Waals surface area contributed by atoms with Crippen LogP contribution in [0, 0.1) is 0 Å². The summed E-state index contributed by atoms with van der Waals surface area (Å²) in [5.74, 6) is 0.485. The van der Waals surface area contributed by atoms with Gasteiger partial charge in [-0.15, -0.1) is 35.3 Å². The van der Waals surface area contributed by atoms with Crippen LogP contribution in [0.2, 0.25) is 0 Å². The maximum atomic E-state index is 5.68. The van der Waals surface area contributed by atoms with Crippen molar-refractivity contribution < 1.29 is 0 Å².